The zero-order valence-electron chi connectivity index (χ0n) is 25.7. The molecule has 1 amide bonds. The lowest BCUT2D eigenvalue weighted by Crippen LogP contribution is -2.52. The smallest absolute Gasteiger partial charge is 0.412 e. The minimum absolute atomic E-state index is 0.218. The summed E-state index contributed by atoms with van der Waals surface area (Å²) in [5.41, 5.74) is -0.693. The molecule has 2 aliphatic rings. The number of sulfonamides is 1. The van der Waals surface area contributed by atoms with Crippen LogP contribution in [0.4, 0.5) is 4.79 Å². The van der Waals surface area contributed by atoms with Gasteiger partial charge in [-0.1, -0.05) is 75.8 Å². The average molecular weight is 581 g/mol. The molecule has 3 rings (SSSR count). The molecular weight excluding hydrogens is 528 g/mol. The van der Waals surface area contributed by atoms with Crippen molar-refractivity contribution >= 4 is 16.1 Å². The van der Waals surface area contributed by atoms with E-state index in [1.807, 2.05) is 65.0 Å². The summed E-state index contributed by atoms with van der Waals surface area (Å²) in [6, 6.07) is 9.32. The van der Waals surface area contributed by atoms with Gasteiger partial charge in [0, 0.05) is 20.2 Å². The Labute approximate surface area is 242 Å². The van der Waals surface area contributed by atoms with Crippen LogP contribution in [0.2, 0.25) is 0 Å². The second-order valence-electron chi connectivity index (χ2n) is 12.9. The topological polar surface area (TPSA) is 85.4 Å². The summed E-state index contributed by atoms with van der Waals surface area (Å²) >= 11 is 0. The van der Waals surface area contributed by atoms with Crippen LogP contribution in [0.15, 0.2) is 30.3 Å². The summed E-state index contributed by atoms with van der Waals surface area (Å²) in [6.45, 7) is 12.1. The van der Waals surface area contributed by atoms with Crippen LogP contribution in [0.25, 0.3) is 0 Å². The number of unbranched alkanes of at least 4 members (excludes halogenated alkanes) is 1. The zero-order chi connectivity index (χ0) is 29.6. The van der Waals surface area contributed by atoms with E-state index in [0.717, 1.165) is 37.7 Å². The van der Waals surface area contributed by atoms with Gasteiger partial charge in [-0.15, -0.1) is 0 Å². The van der Waals surface area contributed by atoms with Crippen LogP contribution in [-0.4, -0.2) is 72.7 Å². The molecule has 0 bridgehead atoms. The Hall–Kier alpha value is -1.68. The Morgan fingerprint density at radius 1 is 1.15 bits per heavy atom. The summed E-state index contributed by atoms with van der Waals surface area (Å²) < 4.78 is 47.7. The molecule has 228 valence electrons. The summed E-state index contributed by atoms with van der Waals surface area (Å²) in [4.78, 5) is 15.3. The highest BCUT2D eigenvalue weighted by atomic mass is 32.2. The van der Waals surface area contributed by atoms with Crippen LogP contribution < -0.4 is 0 Å². The van der Waals surface area contributed by atoms with Crippen molar-refractivity contribution in [2.75, 3.05) is 19.4 Å². The molecule has 1 saturated carbocycles. The third-order valence-corrected chi connectivity index (χ3v) is 9.85. The van der Waals surface area contributed by atoms with Gasteiger partial charge in [0.2, 0.25) is 10.0 Å². The molecule has 0 N–H and O–H groups in total. The number of hydrogen-bond donors (Lipinski definition) is 0. The molecule has 0 radical (unpaired) electrons. The fourth-order valence-corrected chi connectivity index (χ4v) is 7.76. The molecule has 2 fully saturated rings. The normalized spacial score (nSPS) is 22.9. The summed E-state index contributed by atoms with van der Waals surface area (Å²) in [5, 5.41) is 0. The van der Waals surface area contributed by atoms with E-state index in [4.69, 9.17) is 14.2 Å². The van der Waals surface area contributed by atoms with Crippen LogP contribution >= 0.6 is 0 Å². The second-order valence-corrected chi connectivity index (χ2v) is 14.9. The van der Waals surface area contributed by atoms with Crippen molar-refractivity contribution < 1.29 is 27.4 Å². The molecule has 3 atom stereocenters. The van der Waals surface area contributed by atoms with Gasteiger partial charge in [0.15, 0.2) is 0 Å². The van der Waals surface area contributed by atoms with Gasteiger partial charge in [0.05, 0.1) is 11.8 Å². The van der Waals surface area contributed by atoms with Crippen molar-refractivity contribution in [1.82, 2.24) is 9.21 Å². The quantitative estimate of drug-likeness (QED) is 0.287. The molecule has 1 aliphatic carbocycles. The predicted molar refractivity (Wildman–Crippen MR) is 158 cm³/mol. The molecule has 0 unspecified atom stereocenters. The van der Waals surface area contributed by atoms with Gasteiger partial charge in [-0.3, -0.25) is 4.90 Å². The van der Waals surface area contributed by atoms with E-state index in [1.165, 1.54) is 26.4 Å². The van der Waals surface area contributed by atoms with Gasteiger partial charge in [-0.25, -0.2) is 13.2 Å². The highest BCUT2D eigenvalue weighted by molar-refractivity contribution is 7.89. The fraction of sp³-hybridized carbons (Fsp3) is 0.774. The molecule has 40 heavy (non-hydrogen) atoms. The van der Waals surface area contributed by atoms with Crippen molar-refractivity contribution in [2.24, 2.45) is 5.92 Å². The number of benzene rings is 1. The van der Waals surface area contributed by atoms with E-state index < -0.39 is 39.7 Å². The first-order valence-electron chi connectivity index (χ1n) is 15.0. The van der Waals surface area contributed by atoms with E-state index >= 15 is 0 Å². The first-order chi connectivity index (χ1) is 18.8. The molecule has 1 aromatic rings. The van der Waals surface area contributed by atoms with Gasteiger partial charge in [-0.05, 0) is 58.9 Å². The molecule has 1 heterocycles. The first kappa shape index (κ1) is 32.8. The SMILES string of the molecule is CCCCN(Cc1ccccc1)S(=O)(=O)C[C@H](OC)[C@H]1OC(C)(C)N(C(=O)OC(C)(C)C)[C@H]1CC1CCCCC1. The van der Waals surface area contributed by atoms with E-state index in [9.17, 15) is 13.2 Å². The van der Waals surface area contributed by atoms with E-state index in [1.54, 1.807) is 9.21 Å². The Morgan fingerprint density at radius 2 is 1.80 bits per heavy atom. The minimum atomic E-state index is -3.71. The Morgan fingerprint density at radius 3 is 2.38 bits per heavy atom. The minimum Gasteiger partial charge on any atom is -0.444 e. The number of ether oxygens (including phenoxy) is 3. The Kier molecular flexibility index (Phi) is 11.5. The highest BCUT2D eigenvalue weighted by Crippen LogP contribution is 2.41. The molecule has 1 aromatic carbocycles. The number of amides is 1. The Balaban J connectivity index is 1.90. The lowest BCUT2D eigenvalue weighted by molar-refractivity contribution is -0.105. The highest BCUT2D eigenvalue weighted by Gasteiger charge is 2.54. The predicted octanol–water partition coefficient (Wildman–Crippen LogP) is 6.34. The van der Waals surface area contributed by atoms with E-state index in [-0.39, 0.29) is 11.8 Å². The number of carbonyl (C=O) groups excluding carboxylic acids is 1. The first-order valence-corrected chi connectivity index (χ1v) is 16.6. The van der Waals surface area contributed by atoms with Crippen LogP contribution in [-0.2, 0) is 30.8 Å². The molecule has 0 aromatic heterocycles. The number of methoxy groups -OCH3 is 1. The van der Waals surface area contributed by atoms with Crippen molar-refractivity contribution in [3.05, 3.63) is 35.9 Å². The Bertz CT molecular complexity index is 1030. The number of nitrogens with zero attached hydrogens (tertiary/aromatic N) is 2. The maximum atomic E-state index is 13.9. The summed E-state index contributed by atoms with van der Waals surface area (Å²) in [7, 11) is -2.17. The van der Waals surface area contributed by atoms with Crippen LogP contribution in [0.3, 0.4) is 0 Å². The lowest BCUT2D eigenvalue weighted by atomic mass is 9.83. The number of carbonyl (C=O) groups is 1. The molecule has 1 saturated heterocycles. The number of hydrogen-bond acceptors (Lipinski definition) is 6. The van der Waals surface area contributed by atoms with Crippen molar-refractivity contribution in [3.8, 4) is 0 Å². The van der Waals surface area contributed by atoms with Crippen LogP contribution in [0.5, 0.6) is 0 Å². The third kappa shape index (κ3) is 8.91. The van der Waals surface area contributed by atoms with Gasteiger partial charge in [-0.2, -0.15) is 4.31 Å². The van der Waals surface area contributed by atoms with Gasteiger partial charge < -0.3 is 14.2 Å². The summed E-state index contributed by atoms with van der Waals surface area (Å²) in [5.74, 6) is 0.223. The van der Waals surface area contributed by atoms with E-state index in [2.05, 4.69) is 6.92 Å². The maximum Gasteiger partial charge on any atom is 0.412 e. The lowest BCUT2D eigenvalue weighted by Gasteiger charge is -2.37. The molecule has 0 spiro atoms. The fourth-order valence-electron chi connectivity index (χ4n) is 6.06. The van der Waals surface area contributed by atoms with Gasteiger partial charge in [0.1, 0.15) is 23.5 Å². The number of rotatable bonds is 12. The molecule has 1 aliphatic heterocycles. The second kappa shape index (κ2) is 14.0. The monoisotopic (exact) mass is 580 g/mol. The molecule has 9 heteroatoms. The standard InChI is InChI=1S/C31H52N2O6S/c1-8-9-20-32(22-25-18-14-11-15-19-25)40(35,36)23-27(37-7)28-26(21-24-16-12-10-13-17-24)33(31(5,6)38-28)29(34)39-30(2,3)4/h11,14-15,18-19,24,26-28H,8-10,12-13,16-17,20-23H2,1-7H3/t26-,27-,28-/m0/s1. The van der Waals surface area contributed by atoms with Crippen molar-refractivity contribution in [1.29, 1.82) is 0 Å². The van der Waals surface area contributed by atoms with Gasteiger partial charge in [0.25, 0.3) is 0 Å². The van der Waals surface area contributed by atoms with Crippen molar-refractivity contribution in [2.45, 2.75) is 129 Å². The third-order valence-electron chi connectivity index (χ3n) is 8.01. The molecule has 8 nitrogen and oxygen atoms in total. The van der Waals surface area contributed by atoms with Crippen molar-refractivity contribution in [3.63, 3.8) is 0 Å². The molecular formula is C31H52N2O6S. The van der Waals surface area contributed by atoms with Crippen LogP contribution in [0.1, 0.15) is 98.5 Å². The summed E-state index contributed by atoms with van der Waals surface area (Å²) in [6.07, 6.45) is 6.39. The maximum absolute atomic E-state index is 13.9. The zero-order valence-corrected chi connectivity index (χ0v) is 26.5. The average Bonchev–Trinajstić information content (AvgIpc) is 3.14. The van der Waals surface area contributed by atoms with Crippen LogP contribution in [0, 0.1) is 5.92 Å². The van der Waals surface area contributed by atoms with E-state index in [0.29, 0.717) is 19.0 Å². The van der Waals surface area contributed by atoms with Gasteiger partial charge >= 0.3 is 6.09 Å². The largest absolute Gasteiger partial charge is 0.444 e.